The Bertz CT molecular complexity index is 944. The Kier molecular flexibility index (Phi) is 5.32. The second kappa shape index (κ2) is 7.34. The number of nitrogens with one attached hydrogen (secondary N) is 1. The summed E-state index contributed by atoms with van der Waals surface area (Å²) < 4.78 is 41.2. The van der Waals surface area contributed by atoms with Gasteiger partial charge in [-0.05, 0) is 65.8 Å². The zero-order chi connectivity index (χ0) is 18.9. The highest BCUT2D eigenvalue weighted by molar-refractivity contribution is 7.89. The van der Waals surface area contributed by atoms with E-state index in [1.807, 2.05) is 0 Å². The summed E-state index contributed by atoms with van der Waals surface area (Å²) in [5.41, 5.74) is 1.82. The number of benzene rings is 2. The largest absolute Gasteiger partial charge is 0.481 e. The molecule has 2 aromatic carbocycles. The highest BCUT2D eigenvalue weighted by Crippen LogP contribution is 2.29. The topological polar surface area (TPSA) is 83.5 Å². The Morgan fingerprint density at radius 2 is 1.81 bits per heavy atom. The van der Waals surface area contributed by atoms with Crippen molar-refractivity contribution >= 4 is 27.6 Å². The second-order valence-corrected chi connectivity index (χ2v) is 8.57. The lowest BCUT2D eigenvalue weighted by molar-refractivity contribution is -0.136. The number of carboxylic acids is 1. The van der Waals surface area contributed by atoms with Crippen molar-refractivity contribution in [2.45, 2.75) is 24.2 Å². The van der Waals surface area contributed by atoms with Gasteiger partial charge in [0.05, 0.1) is 11.3 Å². The highest BCUT2D eigenvalue weighted by Gasteiger charge is 2.25. The van der Waals surface area contributed by atoms with Gasteiger partial charge in [0.25, 0.3) is 0 Å². The van der Waals surface area contributed by atoms with E-state index in [1.54, 1.807) is 6.07 Å². The van der Waals surface area contributed by atoms with Crippen molar-refractivity contribution in [3.05, 3.63) is 63.9 Å². The summed E-state index contributed by atoms with van der Waals surface area (Å²) in [6.45, 7) is 0.218. The predicted molar refractivity (Wildman–Crippen MR) is 95.3 cm³/mol. The van der Waals surface area contributed by atoms with Gasteiger partial charge in [0.15, 0.2) is 0 Å². The Morgan fingerprint density at radius 1 is 1.19 bits per heavy atom. The second-order valence-electron chi connectivity index (χ2n) is 6.36. The van der Waals surface area contributed by atoms with E-state index >= 15 is 0 Å². The number of rotatable bonds is 6. The maximum atomic E-state index is 14.0. The summed E-state index contributed by atoms with van der Waals surface area (Å²) in [4.78, 5) is 10.9. The predicted octanol–water partition coefficient (Wildman–Crippen LogP) is 2.80. The fourth-order valence-electron chi connectivity index (χ4n) is 3.15. The standard InChI is InChI=1S/C18H17ClFNO4S/c19-15-1-3-16(4-2-15)26(24,25)21-10-11-5-12-7-14(9-18(22)23)17(20)8-13(12)6-11/h1-4,7-8,11,21H,5-6,9-10H2,(H,22,23). The molecule has 2 aromatic rings. The van der Waals surface area contributed by atoms with E-state index in [1.165, 1.54) is 30.3 Å². The number of carbonyl (C=O) groups is 1. The molecule has 0 saturated heterocycles. The van der Waals surface area contributed by atoms with Crippen LogP contribution in [0.4, 0.5) is 4.39 Å². The van der Waals surface area contributed by atoms with Crippen LogP contribution in [0.15, 0.2) is 41.3 Å². The quantitative estimate of drug-likeness (QED) is 0.785. The van der Waals surface area contributed by atoms with Gasteiger partial charge in [0, 0.05) is 11.6 Å². The molecule has 0 aromatic heterocycles. The smallest absolute Gasteiger partial charge is 0.307 e. The van der Waals surface area contributed by atoms with Crippen molar-refractivity contribution in [2.24, 2.45) is 5.92 Å². The first-order valence-corrected chi connectivity index (χ1v) is 9.88. The van der Waals surface area contributed by atoms with Crippen molar-refractivity contribution in [3.8, 4) is 0 Å². The van der Waals surface area contributed by atoms with Crippen LogP contribution in [-0.4, -0.2) is 26.0 Å². The summed E-state index contributed by atoms with van der Waals surface area (Å²) in [6.07, 6.45) is 0.751. The third-order valence-corrected chi connectivity index (χ3v) is 6.10. The fraction of sp³-hybridized carbons (Fsp3) is 0.278. The van der Waals surface area contributed by atoms with Gasteiger partial charge in [-0.2, -0.15) is 0 Å². The molecule has 8 heteroatoms. The van der Waals surface area contributed by atoms with Crippen molar-refractivity contribution in [2.75, 3.05) is 6.54 Å². The van der Waals surface area contributed by atoms with Crippen LogP contribution in [0.1, 0.15) is 16.7 Å². The van der Waals surface area contributed by atoms with Gasteiger partial charge in [0.2, 0.25) is 10.0 Å². The maximum Gasteiger partial charge on any atom is 0.307 e. The van der Waals surface area contributed by atoms with Gasteiger partial charge in [-0.15, -0.1) is 0 Å². The molecule has 1 aliphatic rings. The van der Waals surface area contributed by atoms with Crippen LogP contribution in [0.2, 0.25) is 5.02 Å². The first kappa shape index (κ1) is 18.8. The molecule has 0 radical (unpaired) electrons. The van der Waals surface area contributed by atoms with Crippen LogP contribution in [0.3, 0.4) is 0 Å². The van der Waals surface area contributed by atoms with Crippen LogP contribution in [0.25, 0.3) is 0 Å². The van der Waals surface area contributed by atoms with Crippen molar-refractivity contribution in [1.82, 2.24) is 4.72 Å². The Labute approximate surface area is 155 Å². The average Bonchev–Trinajstić information content (AvgIpc) is 2.95. The van der Waals surface area contributed by atoms with E-state index in [-0.39, 0.29) is 29.3 Å². The van der Waals surface area contributed by atoms with Gasteiger partial charge in [-0.25, -0.2) is 17.5 Å². The third kappa shape index (κ3) is 4.23. The molecule has 5 nitrogen and oxygen atoms in total. The molecular weight excluding hydrogens is 381 g/mol. The summed E-state index contributed by atoms with van der Waals surface area (Å²) in [5.74, 6) is -1.63. The van der Waals surface area contributed by atoms with Gasteiger partial charge >= 0.3 is 5.97 Å². The third-order valence-electron chi connectivity index (χ3n) is 4.41. The number of hydrogen-bond donors (Lipinski definition) is 2. The van der Waals surface area contributed by atoms with E-state index in [4.69, 9.17) is 16.7 Å². The monoisotopic (exact) mass is 397 g/mol. The van der Waals surface area contributed by atoms with E-state index < -0.39 is 21.8 Å². The Hall–Kier alpha value is -1.96. The Morgan fingerprint density at radius 3 is 2.42 bits per heavy atom. The minimum atomic E-state index is -3.64. The molecule has 26 heavy (non-hydrogen) atoms. The lowest BCUT2D eigenvalue weighted by Gasteiger charge is -2.11. The zero-order valence-corrected chi connectivity index (χ0v) is 15.3. The normalized spacial score (nSPS) is 16.5. The molecule has 1 aliphatic carbocycles. The zero-order valence-electron chi connectivity index (χ0n) is 13.7. The molecule has 0 bridgehead atoms. The molecule has 0 amide bonds. The van der Waals surface area contributed by atoms with E-state index in [2.05, 4.69) is 4.72 Å². The van der Waals surface area contributed by atoms with Crippen LogP contribution in [0, 0.1) is 11.7 Å². The van der Waals surface area contributed by atoms with Crippen molar-refractivity contribution < 1.29 is 22.7 Å². The lowest BCUT2D eigenvalue weighted by atomic mass is 10.0. The first-order chi connectivity index (χ1) is 12.2. The number of carboxylic acid groups (broad SMARTS) is 1. The van der Waals surface area contributed by atoms with E-state index in [0.717, 1.165) is 11.1 Å². The van der Waals surface area contributed by atoms with Crippen LogP contribution < -0.4 is 4.72 Å². The molecule has 0 spiro atoms. The number of halogens is 2. The molecule has 1 unspecified atom stereocenters. The lowest BCUT2D eigenvalue weighted by Crippen LogP contribution is -2.29. The molecule has 0 fully saturated rings. The summed E-state index contributed by atoms with van der Waals surface area (Å²) in [5, 5.41) is 9.29. The summed E-state index contributed by atoms with van der Waals surface area (Å²) in [7, 11) is -3.64. The van der Waals surface area contributed by atoms with Gasteiger partial charge in [-0.3, -0.25) is 4.79 Å². The highest BCUT2D eigenvalue weighted by atomic mass is 35.5. The van der Waals surface area contributed by atoms with Crippen molar-refractivity contribution in [3.63, 3.8) is 0 Å². The first-order valence-electron chi connectivity index (χ1n) is 8.02. The fourth-order valence-corrected chi connectivity index (χ4v) is 4.39. The molecule has 138 valence electrons. The molecular formula is C18H17ClFNO4S. The maximum absolute atomic E-state index is 14.0. The molecule has 2 N–H and O–H groups in total. The van der Waals surface area contributed by atoms with Gasteiger partial charge < -0.3 is 5.11 Å². The molecule has 0 saturated carbocycles. The number of aliphatic carboxylic acids is 1. The number of fused-ring (bicyclic) bond motifs is 1. The molecule has 1 atom stereocenters. The summed E-state index contributed by atoms with van der Waals surface area (Å²) in [6, 6.07) is 8.82. The minimum absolute atomic E-state index is 0.00782. The molecule has 3 rings (SSSR count). The minimum Gasteiger partial charge on any atom is -0.481 e. The van der Waals surface area contributed by atoms with Crippen LogP contribution in [0.5, 0.6) is 0 Å². The van der Waals surface area contributed by atoms with Crippen molar-refractivity contribution in [1.29, 1.82) is 0 Å². The van der Waals surface area contributed by atoms with Gasteiger partial charge in [-0.1, -0.05) is 17.7 Å². The van der Waals surface area contributed by atoms with Crippen LogP contribution >= 0.6 is 11.6 Å². The number of sulfonamides is 1. The molecule has 0 aliphatic heterocycles. The average molecular weight is 398 g/mol. The van der Waals surface area contributed by atoms with Gasteiger partial charge in [0.1, 0.15) is 5.82 Å². The summed E-state index contributed by atoms with van der Waals surface area (Å²) >= 11 is 5.77. The SMILES string of the molecule is O=C(O)Cc1cc2c(cc1F)CC(CNS(=O)(=O)c1ccc(Cl)cc1)C2. The van der Waals surface area contributed by atoms with E-state index in [9.17, 15) is 17.6 Å². The number of hydrogen-bond acceptors (Lipinski definition) is 3. The molecule has 0 heterocycles. The Balaban J connectivity index is 1.67. The van der Waals surface area contributed by atoms with Crippen LogP contribution in [-0.2, 0) is 34.1 Å². The van der Waals surface area contributed by atoms with E-state index in [0.29, 0.717) is 17.9 Å².